The highest BCUT2D eigenvalue weighted by atomic mass is 79.9. The molecule has 2 heterocycles. The van der Waals surface area contributed by atoms with Crippen LogP contribution in [0.1, 0.15) is 10.5 Å². The number of rotatable bonds is 4. The number of halogens is 1. The summed E-state index contributed by atoms with van der Waals surface area (Å²) >= 11 is 3.39. The van der Waals surface area contributed by atoms with Crippen LogP contribution in [0.4, 0.5) is 0 Å². The molecule has 5 rings (SSSR count). The van der Waals surface area contributed by atoms with Crippen molar-refractivity contribution < 1.29 is 13.2 Å². The summed E-state index contributed by atoms with van der Waals surface area (Å²) < 4.78 is 30.8. The van der Waals surface area contributed by atoms with Crippen molar-refractivity contribution in [2.75, 3.05) is 0 Å². The number of hydrogen-bond acceptors (Lipinski definition) is 5. The number of para-hydroxylation sites is 1. The number of nitrogens with one attached hydrogen (secondary N) is 2. The highest BCUT2D eigenvalue weighted by Crippen LogP contribution is 2.30. The number of H-pyrrole nitrogens is 1. The van der Waals surface area contributed by atoms with Gasteiger partial charge >= 0.3 is 5.69 Å². The molecule has 9 nitrogen and oxygen atoms in total. The van der Waals surface area contributed by atoms with Gasteiger partial charge in [0.1, 0.15) is 5.69 Å². The topological polar surface area (TPSA) is 123 Å². The monoisotopic (exact) mass is 552 g/mol. The van der Waals surface area contributed by atoms with E-state index in [0.717, 1.165) is 4.57 Å². The van der Waals surface area contributed by atoms with Crippen molar-refractivity contribution >= 4 is 53.7 Å². The molecular weight excluding hydrogens is 536 g/mol. The van der Waals surface area contributed by atoms with Crippen molar-refractivity contribution in [3.05, 3.63) is 104 Å². The third kappa shape index (κ3) is 3.78. The van der Waals surface area contributed by atoms with E-state index in [0.29, 0.717) is 20.9 Å². The Morgan fingerprint density at radius 1 is 0.943 bits per heavy atom. The lowest BCUT2D eigenvalue weighted by Gasteiger charge is -2.11. The Kier molecular flexibility index (Phi) is 5.45. The third-order valence-corrected chi connectivity index (χ3v) is 7.50. The van der Waals surface area contributed by atoms with E-state index in [1.54, 1.807) is 55.6 Å². The fourth-order valence-corrected chi connectivity index (χ4v) is 5.41. The predicted molar refractivity (Wildman–Crippen MR) is 135 cm³/mol. The molecule has 0 fully saturated rings. The largest absolute Gasteiger partial charge is 0.338 e. The second-order valence-electron chi connectivity index (χ2n) is 7.78. The van der Waals surface area contributed by atoms with Gasteiger partial charge in [-0.2, -0.15) is 0 Å². The van der Waals surface area contributed by atoms with Gasteiger partial charge in [-0.1, -0.05) is 46.3 Å². The van der Waals surface area contributed by atoms with Crippen LogP contribution in [0.25, 0.3) is 27.5 Å². The highest BCUT2D eigenvalue weighted by Gasteiger charge is 2.28. The zero-order valence-corrected chi connectivity index (χ0v) is 20.6. The summed E-state index contributed by atoms with van der Waals surface area (Å²) in [6.07, 6.45) is 0. The number of hydrogen-bond donors (Lipinski definition) is 2. The molecule has 35 heavy (non-hydrogen) atoms. The van der Waals surface area contributed by atoms with Crippen molar-refractivity contribution in [2.24, 2.45) is 7.05 Å². The van der Waals surface area contributed by atoms with E-state index >= 15 is 0 Å². The number of carbonyl (C=O) groups is 1. The number of aryl methyl sites for hydroxylation is 1. The minimum absolute atomic E-state index is 0.0263. The van der Waals surface area contributed by atoms with Gasteiger partial charge in [0.15, 0.2) is 0 Å². The molecule has 0 saturated carbocycles. The van der Waals surface area contributed by atoms with Crippen LogP contribution in [0, 0.1) is 0 Å². The maximum atomic E-state index is 13.4. The van der Waals surface area contributed by atoms with Crippen LogP contribution in [-0.2, 0) is 17.1 Å². The number of benzene rings is 3. The number of amides is 1. The minimum Gasteiger partial charge on any atom is -0.338 e. The first-order valence-corrected chi connectivity index (χ1v) is 12.6. The van der Waals surface area contributed by atoms with Crippen LogP contribution in [-0.4, -0.2) is 28.4 Å². The zero-order valence-electron chi connectivity index (χ0n) is 18.2. The summed E-state index contributed by atoms with van der Waals surface area (Å²) in [7, 11) is -2.66. The van der Waals surface area contributed by atoms with Gasteiger partial charge in [-0.05, 0) is 42.5 Å². The van der Waals surface area contributed by atoms with Gasteiger partial charge in [-0.25, -0.2) is 22.5 Å². The van der Waals surface area contributed by atoms with Gasteiger partial charge in [0.2, 0.25) is 0 Å². The first-order valence-electron chi connectivity index (χ1n) is 10.3. The fourth-order valence-electron chi connectivity index (χ4n) is 4.08. The summed E-state index contributed by atoms with van der Waals surface area (Å²) in [5, 5.41) is 0.648. The Morgan fingerprint density at radius 2 is 1.63 bits per heavy atom. The van der Waals surface area contributed by atoms with Crippen LogP contribution < -0.4 is 16.0 Å². The number of aromatic nitrogens is 3. The average Bonchev–Trinajstić information content (AvgIpc) is 3.11. The van der Waals surface area contributed by atoms with Crippen molar-refractivity contribution in [2.45, 2.75) is 4.90 Å². The number of sulfonamides is 1. The van der Waals surface area contributed by atoms with Crippen molar-refractivity contribution in [3.8, 4) is 5.69 Å². The normalized spacial score (nSPS) is 11.7. The van der Waals surface area contributed by atoms with Crippen LogP contribution in [0.5, 0.6) is 0 Å². The fraction of sp³-hybridized carbons (Fsp3) is 0.0417. The molecule has 5 aromatic rings. The second-order valence-corrected chi connectivity index (χ2v) is 10.4. The van der Waals surface area contributed by atoms with Gasteiger partial charge < -0.3 is 9.55 Å². The predicted octanol–water partition coefficient (Wildman–Crippen LogP) is 3.05. The van der Waals surface area contributed by atoms with E-state index in [4.69, 9.17) is 0 Å². The Bertz CT molecular complexity index is 1870. The number of fused-ring (bicyclic) bond motifs is 2. The molecule has 0 aliphatic rings. The smallest absolute Gasteiger partial charge is 0.333 e. The van der Waals surface area contributed by atoms with E-state index in [1.807, 2.05) is 0 Å². The van der Waals surface area contributed by atoms with Crippen LogP contribution in [0.3, 0.4) is 0 Å². The minimum atomic E-state index is -4.22. The third-order valence-electron chi connectivity index (χ3n) is 5.66. The first-order chi connectivity index (χ1) is 16.7. The highest BCUT2D eigenvalue weighted by molar-refractivity contribution is 9.10. The van der Waals surface area contributed by atoms with Crippen LogP contribution in [0.15, 0.2) is 91.8 Å². The van der Waals surface area contributed by atoms with Crippen LogP contribution in [0.2, 0.25) is 0 Å². The van der Waals surface area contributed by atoms with Crippen molar-refractivity contribution in [3.63, 3.8) is 0 Å². The Morgan fingerprint density at radius 3 is 2.37 bits per heavy atom. The van der Waals surface area contributed by atoms with Gasteiger partial charge in [0.05, 0.1) is 27.0 Å². The summed E-state index contributed by atoms with van der Waals surface area (Å²) in [6, 6.07) is 19.0. The lowest BCUT2D eigenvalue weighted by Crippen LogP contribution is -2.37. The molecular formula is C24H17BrN4O5S. The van der Waals surface area contributed by atoms with E-state index in [2.05, 4.69) is 25.6 Å². The summed E-state index contributed by atoms with van der Waals surface area (Å²) in [5.74, 6) is -0.988. The first kappa shape index (κ1) is 22.8. The Labute approximate surface area is 206 Å². The Balaban J connectivity index is 1.81. The number of aromatic amines is 1. The molecule has 0 spiro atoms. The second kappa shape index (κ2) is 8.36. The molecule has 1 amide bonds. The summed E-state index contributed by atoms with van der Waals surface area (Å²) in [5.41, 5.74) is -0.734. The zero-order chi connectivity index (χ0) is 24.9. The van der Waals surface area contributed by atoms with Gasteiger partial charge in [-0.3, -0.25) is 9.59 Å². The van der Waals surface area contributed by atoms with Gasteiger partial charge in [0.25, 0.3) is 21.5 Å². The molecule has 0 radical (unpaired) electrons. The average molecular weight is 553 g/mol. The SMILES string of the molecule is Cn1c(C(=O)NS(=O)(=O)c2ccccc2)c(-n2c(=O)[nH]c3ccccc3c2=O)c2cc(Br)ccc21. The van der Waals surface area contributed by atoms with E-state index in [1.165, 1.54) is 28.8 Å². The van der Waals surface area contributed by atoms with Gasteiger partial charge in [0, 0.05) is 16.9 Å². The molecule has 0 unspecified atom stereocenters. The van der Waals surface area contributed by atoms with E-state index in [-0.39, 0.29) is 21.7 Å². The molecule has 0 bridgehead atoms. The van der Waals surface area contributed by atoms with Crippen LogP contribution >= 0.6 is 15.9 Å². The van der Waals surface area contributed by atoms with Crippen molar-refractivity contribution in [1.82, 2.24) is 18.8 Å². The summed E-state index contributed by atoms with van der Waals surface area (Å²) in [4.78, 5) is 42.6. The summed E-state index contributed by atoms with van der Waals surface area (Å²) in [6.45, 7) is 0. The Hall–Kier alpha value is -3.96. The number of nitrogens with zero attached hydrogens (tertiary/aromatic N) is 2. The lowest BCUT2D eigenvalue weighted by molar-refractivity contribution is 0.0974. The molecule has 2 aromatic heterocycles. The van der Waals surface area contributed by atoms with Gasteiger partial charge in [-0.15, -0.1) is 0 Å². The van der Waals surface area contributed by atoms with E-state index < -0.39 is 27.2 Å². The molecule has 3 aromatic carbocycles. The number of carbonyl (C=O) groups excluding carboxylic acids is 1. The molecule has 2 N–H and O–H groups in total. The molecule has 0 saturated heterocycles. The molecule has 0 atom stereocenters. The maximum absolute atomic E-state index is 13.4. The quantitative estimate of drug-likeness (QED) is 0.354. The van der Waals surface area contributed by atoms with E-state index in [9.17, 15) is 22.8 Å². The molecule has 176 valence electrons. The van der Waals surface area contributed by atoms with Crippen molar-refractivity contribution in [1.29, 1.82) is 0 Å². The molecule has 11 heteroatoms. The standard InChI is InChI=1S/C24H17BrN4O5S/c1-28-19-12-11-14(25)13-17(19)20(29-23(31)16-9-5-6-10-18(16)26-24(29)32)21(28)22(30)27-35(33,34)15-7-3-2-4-8-15/h2-13H,1H3,(H,26,32)(H,27,30). The molecule has 0 aliphatic heterocycles. The maximum Gasteiger partial charge on any atom is 0.333 e. The molecule has 0 aliphatic carbocycles. The lowest BCUT2D eigenvalue weighted by atomic mass is 10.2.